The minimum atomic E-state index is -4.01. The number of benzene rings is 2. The molecule has 0 amide bonds. The van der Waals surface area contributed by atoms with E-state index >= 15 is 0 Å². The number of sulfonamides is 1. The van der Waals surface area contributed by atoms with Gasteiger partial charge in [-0.15, -0.1) is 0 Å². The average Bonchev–Trinajstić information content (AvgIpc) is 2.41. The zero-order valence-corrected chi connectivity index (χ0v) is 12.7. The van der Waals surface area contributed by atoms with E-state index in [1.54, 1.807) is 31.2 Å². The molecule has 0 aliphatic carbocycles. The molecule has 0 spiro atoms. The maximum Gasteiger partial charge on any atom is 0.244 e. The lowest BCUT2D eigenvalue weighted by molar-refractivity contribution is 0.547. The van der Waals surface area contributed by atoms with Crippen LogP contribution in [0.25, 0.3) is 0 Å². The molecule has 2 aromatic carbocycles. The minimum Gasteiger partial charge on any atom is -0.399 e. The second-order valence-electron chi connectivity index (χ2n) is 4.58. The summed E-state index contributed by atoms with van der Waals surface area (Å²) >= 11 is 5.78. The number of hydrogen-bond acceptors (Lipinski definition) is 3. The Hall–Kier alpha value is -1.63. The molecule has 0 fully saturated rings. The van der Waals surface area contributed by atoms with Crippen molar-refractivity contribution in [2.45, 2.75) is 17.9 Å². The van der Waals surface area contributed by atoms with Crippen molar-refractivity contribution in [3.05, 3.63) is 58.9 Å². The maximum absolute atomic E-state index is 13.7. The Balaban J connectivity index is 2.28. The number of anilines is 1. The van der Waals surface area contributed by atoms with Gasteiger partial charge in [0.05, 0.1) is 0 Å². The molecule has 1 unspecified atom stereocenters. The van der Waals surface area contributed by atoms with Crippen molar-refractivity contribution in [2.75, 3.05) is 5.73 Å². The van der Waals surface area contributed by atoms with Crippen LogP contribution in [0.15, 0.2) is 47.4 Å². The van der Waals surface area contributed by atoms with Crippen molar-refractivity contribution in [1.29, 1.82) is 0 Å². The molecule has 2 rings (SSSR count). The van der Waals surface area contributed by atoms with Gasteiger partial charge in [0.2, 0.25) is 10.0 Å². The SMILES string of the molecule is CC(NS(=O)(=O)c1cc(N)ccc1F)c1ccc(Cl)cc1. The van der Waals surface area contributed by atoms with E-state index < -0.39 is 26.8 Å². The smallest absolute Gasteiger partial charge is 0.244 e. The molecule has 112 valence electrons. The molecule has 0 aliphatic rings. The summed E-state index contributed by atoms with van der Waals surface area (Å²) in [7, 11) is -4.01. The number of nitrogen functional groups attached to an aromatic ring is 1. The normalized spacial score (nSPS) is 13.1. The van der Waals surface area contributed by atoms with Gasteiger partial charge in [0.25, 0.3) is 0 Å². The third-order valence-corrected chi connectivity index (χ3v) is 4.75. The molecule has 0 saturated carbocycles. The van der Waals surface area contributed by atoms with Crippen molar-refractivity contribution in [3.8, 4) is 0 Å². The van der Waals surface area contributed by atoms with Crippen LogP contribution in [0.2, 0.25) is 5.02 Å². The average molecular weight is 329 g/mol. The third kappa shape index (κ3) is 3.72. The lowest BCUT2D eigenvalue weighted by atomic mass is 10.1. The third-order valence-electron chi connectivity index (χ3n) is 2.95. The van der Waals surface area contributed by atoms with Crippen LogP contribution < -0.4 is 10.5 Å². The Morgan fingerprint density at radius 1 is 1.19 bits per heavy atom. The number of halogens is 2. The standard InChI is InChI=1S/C14H14ClFN2O2S/c1-9(10-2-4-11(15)5-3-10)18-21(19,20)14-8-12(17)6-7-13(14)16/h2-9,18H,17H2,1H3. The predicted octanol–water partition coefficient (Wildman–Crippen LogP) is 3.10. The summed E-state index contributed by atoms with van der Waals surface area (Å²) in [6, 6.07) is 9.59. The van der Waals surface area contributed by atoms with Gasteiger partial charge >= 0.3 is 0 Å². The topological polar surface area (TPSA) is 72.2 Å². The van der Waals surface area contributed by atoms with Gasteiger partial charge in [-0.25, -0.2) is 17.5 Å². The van der Waals surface area contributed by atoms with E-state index in [9.17, 15) is 12.8 Å². The van der Waals surface area contributed by atoms with Gasteiger partial charge < -0.3 is 5.73 Å². The first kappa shape index (κ1) is 15.8. The lowest BCUT2D eigenvalue weighted by Crippen LogP contribution is -2.27. The van der Waals surface area contributed by atoms with E-state index in [1.165, 1.54) is 6.07 Å². The second-order valence-corrected chi connectivity index (χ2v) is 6.70. The Labute approximate surface area is 127 Å². The van der Waals surface area contributed by atoms with Gasteiger partial charge in [-0.2, -0.15) is 0 Å². The first-order valence-electron chi connectivity index (χ1n) is 6.12. The number of hydrogen-bond donors (Lipinski definition) is 2. The van der Waals surface area contributed by atoms with Crippen molar-refractivity contribution in [2.24, 2.45) is 0 Å². The van der Waals surface area contributed by atoms with Crippen molar-refractivity contribution in [1.82, 2.24) is 4.72 Å². The van der Waals surface area contributed by atoms with Gasteiger partial charge in [-0.05, 0) is 42.8 Å². The largest absolute Gasteiger partial charge is 0.399 e. The van der Waals surface area contributed by atoms with Gasteiger partial charge in [0, 0.05) is 16.8 Å². The van der Waals surface area contributed by atoms with Crippen LogP contribution >= 0.6 is 11.6 Å². The van der Waals surface area contributed by atoms with Crippen LogP contribution in [-0.4, -0.2) is 8.42 Å². The van der Waals surface area contributed by atoms with E-state index in [4.69, 9.17) is 17.3 Å². The number of nitrogens with one attached hydrogen (secondary N) is 1. The molecule has 21 heavy (non-hydrogen) atoms. The molecule has 2 aromatic rings. The van der Waals surface area contributed by atoms with Crippen LogP contribution in [0, 0.1) is 5.82 Å². The summed E-state index contributed by atoms with van der Waals surface area (Å²) in [4.78, 5) is -0.469. The molecule has 0 heterocycles. The zero-order valence-electron chi connectivity index (χ0n) is 11.2. The summed E-state index contributed by atoms with van der Waals surface area (Å²) < 4.78 is 40.5. The van der Waals surface area contributed by atoms with Gasteiger partial charge in [0.15, 0.2) is 0 Å². The van der Waals surface area contributed by atoms with Crippen LogP contribution in [0.3, 0.4) is 0 Å². The fourth-order valence-corrected chi connectivity index (χ4v) is 3.31. The molecular weight excluding hydrogens is 315 g/mol. The molecule has 0 aromatic heterocycles. The first-order chi connectivity index (χ1) is 9.79. The number of rotatable bonds is 4. The molecule has 1 atom stereocenters. The highest BCUT2D eigenvalue weighted by Gasteiger charge is 2.22. The summed E-state index contributed by atoms with van der Waals surface area (Å²) in [5.74, 6) is -0.847. The molecule has 0 bridgehead atoms. The molecule has 4 nitrogen and oxygen atoms in total. The second kappa shape index (κ2) is 6.01. The molecular formula is C14H14ClFN2O2S. The van der Waals surface area contributed by atoms with Crippen molar-refractivity contribution >= 4 is 27.3 Å². The van der Waals surface area contributed by atoms with Crippen LogP contribution in [0.4, 0.5) is 10.1 Å². The lowest BCUT2D eigenvalue weighted by Gasteiger charge is -2.15. The van der Waals surface area contributed by atoms with Crippen molar-refractivity contribution < 1.29 is 12.8 Å². The monoisotopic (exact) mass is 328 g/mol. The van der Waals surface area contributed by atoms with Crippen LogP contribution in [0.5, 0.6) is 0 Å². The highest BCUT2D eigenvalue weighted by Crippen LogP contribution is 2.22. The highest BCUT2D eigenvalue weighted by molar-refractivity contribution is 7.89. The van der Waals surface area contributed by atoms with E-state index in [-0.39, 0.29) is 5.69 Å². The van der Waals surface area contributed by atoms with E-state index in [0.29, 0.717) is 10.6 Å². The summed E-state index contributed by atoms with van der Waals surface area (Å²) in [6.45, 7) is 1.66. The van der Waals surface area contributed by atoms with Crippen LogP contribution in [-0.2, 0) is 10.0 Å². The summed E-state index contributed by atoms with van der Waals surface area (Å²) in [5.41, 5.74) is 6.40. The Bertz CT molecular complexity index is 748. The fourth-order valence-electron chi connectivity index (χ4n) is 1.84. The number of nitrogens with two attached hydrogens (primary N) is 1. The molecule has 0 radical (unpaired) electrons. The Morgan fingerprint density at radius 2 is 1.81 bits per heavy atom. The molecule has 0 aliphatic heterocycles. The van der Waals surface area contributed by atoms with E-state index in [0.717, 1.165) is 12.1 Å². The maximum atomic E-state index is 13.7. The van der Waals surface area contributed by atoms with Gasteiger partial charge in [0.1, 0.15) is 10.7 Å². The van der Waals surface area contributed by atoms with E-state index in [1.807, 2.05) is 0 Å². The molecule has 3 N–H and O–H groups in total. The van der Waals surface area contributed by atoms with Gasteiger partial charge in [-0.3, -0.25) is 0 Å². The summed E-state index contributed by atoms with van der Waals surface area (Å²) in [5, 5.41) is 0.552. The molecule has 7 heteroatoms. The van der Waals surface area contributed by atoms with E-state index in [2.05, 4.69) is 4.72 Å². The Kier molecular flexibility index (Phi) is 4.51. The van der Waals surface area contributed by atoms with Gasteiger partial charge in [-0.1, -0.05) is 23.7 Å². The fraction of sp³-hybridized carbons (Fsp3) is 0.143. The predicted molar refractivity (Wildman–Crippen MR) is 81.0 cm³/mol. The van der Waals surface area contributed by atoms with Crippen LogP contribution in [0.1, 0.15) is 18.5 Å². The zero-order chi connectivity index (χ0) is 15.6. The quantitative estimate of drug-likeness (QED) is 0.847. The van der Waals surface area contributed by atoms with Crippen molar-refractivity contribution in [3.63, 3.8) is 0 Å². The minimum absolute atomic E-state index is 0.177. The molecule has 0 saturated heterocycles. The first-order valence-corrected chi connectivity index (χ1v) is 7.98. The summed E-state index contributed by atoms with van der Waals surface area (Å²) in [6.07, 6.45) is 0. The Morgan fingerprint density at radius 3 is 2.43 bits per heavy atom. The highest BCUT2D eigenvalue weighted by atomic mass is 35.5.